The fraction of sp³-hybridized carbons (Fsp3) is 0.417. The molecule has 0 bridgehead atoms. The Morgan fingerprint density at radius 2 is 1.60 bits per heavy atom. The van der Waals surface area contributed by atoms with Gasteiger partial charge in [0.25, 0.3) is 5.91 Å². The van der Waals surface area contributed by atoms with E-state index in [9.17, 15) is 9.59 Å². The lowest BCUT2D eigenvalue weighted by Gasteiger charge is -2.34. The topological polar surface area (TPSA) is 53.1 Å². The van der Waals surface area contributed by atoms with Crippen molar-refractivity contribution in [3.8, 4) is 0 Å². The third-order valence-electron chi connectivity index (χ3n) is 5.53. The Kier molecular flexibility index (Phi) is 7.99. The van der Waals surface area contributed by atoms with Crippen LogP contribution in [-0.4, -0.2) is 68.1 Å². The van der Waals surface area contributed by atoms with Gasteiger partial charge in [-0.05, 0) is 29.8 Å². The van der Waals surface area contributed by atoms with E-state index >= 15 is 0 Å². The van der Waals surface area contributed by atoms with Crippen molar-refractivity contribution in [3.05, 3.63) is 65.7 Å². The van der Waals surface area contributed by atoms with Gasteiger partial charge in [0.1, 0.15) is 6.61 Å². The molecule has 1 aliphatic heterocycles. The summed E-state index contributed by atoms with van der Waals surface area (Å²) in [5, 5.41) is 0. The first kappa shape index (κ1) is 22.0. The van der Waals surface area contributed by atoms with Gasteiger partial charge in [0.15, 0.2) is 0 Å². The van der Waals surface area contributed by atoms with E-state index in [2.05, 4.69) is 11.8 Å². The molecule has 3 rings (SSSR count). The van der Waals surface area contributed by atoms with E-state index in [1.807, 2.05) is 59.5 Å². The molecule has 0 radical (unpaired) electrons. The highest BCUT2D eigenvalue weighted by Gasteiger charge is 2.21. The summed E-state index contributed by atoms with van der Waals surface area (Å²) >= 11 is 0. The zero-order valence-electron chi connectivity index (χ0n) is 17.9. The van der Waals surface area contributed by atoms with E-state index < -0.39 is 0 Å². The number of likely N-dealkylation sites (N-methyl/N-ethyl adjacent to an activating group) is 1. The van der Waals surface area contributed by atoms with Crippen molar-refractivity contribution in [3.63, 3.8) is 0 Å². The summed E-state index contributed by atoms with van der Waals surface area (Å²) in [4.78, 5) is 31.3. The molecule has 0 N–H and O–H groups in total. The van der Waals surface area contributed by atoms with E-state index in [1.54, 1.807) is 4.90 Å². The fourth-order valence-electron chi connectivity index (χ4n) is 3.68. The van der Waals surface area contributed by atoms with E-state index in [-0.39, 0.29) is 18.4 Å². The molecule has 2 amide bonds. The number of piperazine rings is 1. The maximum Gasteiger partial charge on any atom is 0.253 e. The minimum atomic E-state index is -0.0982. The van der Waals surface area contributed by atoms with Crippen LogP contribution in [0.4, 0.5) is 5.69 Å². The second kappa shape index (κ2) is 10.9. The molecule has 0 saturated carbocycles. The summed E-state index contributed by atoms with van der Waals surface area (Å²) in [5.74, 6) is 0.0640. The second-order valence-corrected chi connectivity index (χ2v) is 7.56. The molecule has 1 aliphatic rings. The minimum absolute atomic E-state index is 0.0246. The summed E-state index contributed by atoms with van der Waals surface area (Å²) in [5.41, 5.74) is 2.81. The molecule has 1 heterocycles. The Morgan fingerprint density at radius 1 is 0.933 bits per heavy atom. The molecular weight excluding hydrogens is 378 g/mol. The smallest absolute Gasteiger partial charge is 0.253 e. The van der Waals surface area contributed by atoms with Crippen molar-refractivity contribution in [1.82, 2.24) is 9.80 Å². The van der Waals surface area contributed by atoms with Crippen molar-refractivity contribution < 1.29 is 14.3 Å². The first-order chi connectivity index (χ1) is 14.6. The Hall–Kier alpha value is -2.70. The molecule has 0 spiro atoms. The minimum Gasteiger partial charge on any atom is -0.375 e. The van der Waals surface area contributed by atoms with Crippen LogP contribution in [0, 0.1) is 0 Å². The molecule has 30 heavy (non-hydrogen) atoms. The van der Waals surface area contributed by atoms with Gasteiger partial charge in [-0.3, -0.25) is 9.59 Å². The van der Waals surface area contributed by atoms with Crippen LogP contribution in [0.5, 0.6) is 0 Å². The zero-order chi connectivity index (χ0) is 21.3. The number of anilines is 1. The number of carbonyl (C=O) groups excluding carboxylic acids is 2. The highest BCUT2D eigenvalue weighted by Crippen LogP contribution is 2.19. The monoisotopic (exact) mass is 409 g/mol. The van der Waals surface area contributed by atoms with Crippen LogP contribution in [0.15, 0.2) is 54.6 Å². The second-order valence-electron chi connectivity index (χ2n) is 7.56. The Bertz CT molecular complexity index is 815. The predicted octanol–water partition coefficient (Wildman–Crippen LogP) is 2.57. The zero-order valence-corrected chi connectivity index (χ0v) is 17.9. The van der Waals surface area contributed by atoms with Crippen LogP contribution in [0.2, 0.25) is 0 Å². The van der Waals surface area contributed by atoms with Crippen LogP contribution in [-0.2, 0) is 27.3 Å². The summed E-state index contributed by atoms with van der Waals surface area (Å²) in [6, 6.07) is 17.6. The fourth-order valence-corrected chi connectivity index (χ4v) is 3.68. The van der Waals surface area contributed by atoms with Gasteiger partial charge in [0, 0.05) is 39.0 Å². The largest absolute Gasteiger partial charge is 0.375 e. The SMILES string of the molecule is CCN1CCN(C(=O)Cc2ccc(N(Cc3ccccc3)C(=O)COC)cc2)CC1. The van der Waals surface area contributed by atoms with E-state index in [1.165, 1.54) is 7.11 Å². The van der Waals surface area contributed by atoms with Gasteiger partial charge >= 0.3 is 0 Å². The van der Waals surface area contributed by atoms with E-state index in [0.717, 1.165) is 49.5 Å². The molecule has 6 nitrogen and oxygen atoms in total. The normalized spacial score (nSPS) is 14.5. The number of amides is 2. The number of carbonyl (C=O) groups is 2. The lowest BCUT2D eigenvalue weighted by molar-refractivity contribution is -0.132. The van der Waals surface area contributed by atoms with Gasteiger partial charge in [-0.15, -0.1) is 0 Å². The molecule has 0 unspecified atom stereocenters. The number of ether oxygens (including phenoxy) is 1. The Morgan fingerprint density at radius 3 is 2.20 bits per heavy atom. The average molecular weight is 410 g/mol. The van der Waals surface area contributed by atoms with E-state index in [4.69, 9.17) is 4.74 Å². The van der Waals surface area contributed by atoms with Gasteiger partial charge in [0.05, 0.1) is 13.0 Å². The van der Waals surface area contributed by atoms with Crippen molar-refractivity contribution in [1.29, 1.82) is 0 Å². The first-order valence-electron chi connectivity index (χ1n) is 10.5. The van der Waals surface area contributed by atoms with Gasteiger partial charge < -0.3 is 19.4 Å². The molecular formula is C24H31N3O3. The third kappa shape index (κ3) is 5.90. The summed E-state index contributed by atoms with van der Waals surface area (Å²) < 4.78 is 5.06. The molecule has 0 aromatic heterocycles. The first-order valence-corrected chi connectivity index (χ1v) is 10.5. The number of nitrogens with zero attached hydrogens (tertiary/aromatic N) is 3. The highest BCUT2D eigenvalue weighted by atomic mass is 16.5. The maximum absolute atomic E-state index is 12.6. The third-order valence-corrected chi connectivity index (χ3v) is 5.53. The van der Waals surface area contributed by atoms with Crippen molar-refractivity contribution >= 4 is 17.5 Å². The summed E-state index contributed by atoms with van der Waals surface area (Å²) in [6.45, 7) is 7.15. The number of hydrogen-bond donors (Lipinski definition) is 0. The summed E-state index contributed by atoms with van der Waals surface area (Å²) in [7, 11) is 1.52. The lowest BCUT2D eigenvalue weighted by atomic mass is 10.1. The van der Waals surface area contributed by atoms with Gasteiger partial charge in [-0.25, -0.2) is 0 Å². The number of hydrogen-bond acceptors (Lipinski definition) is 4. The molecule has 0 aliphatic carbocycles. The maximum atomic E-state index is 12.6. The molecule has 6 heteroatoms. The van der Waals surface area contributed by atoms with E-state index in [0.29, 0.717) is 13.0 Å². The van der Waals surface area contributed by atoms with Crippen molar-refractivity contribution in [2.75, 3.05) is 51.3 Å². The summed E-state index contributed by atoms with van der Waals surface area (Å²) in [6.07, 6.45) is 0.386. The molecule has 2 aromatic rings. The highest BCUT2D eigenvalue weighted by molar-refractivity contribution is 5.94. The standard InChI is InChI=1S/C24H31N3O3/c1-3-25-13-15-26(16-14-25)23(28)17-20-9-11-22(12-10-20)27(24(29)19-30-2)18-21-7-5-4-6-8-21/h4-12H,3,13-19H2,1-2H3. The quantitative estimate of drug-likeness (QED) is 0.673. The molecule has 0 atom stereocenters. The average Bonchev–Trinajstić information content (AvgIpc) is 2.79. The Balaban J connectivity index is 1.65. The van der Waals surface area contributed by atoms with Crippen LogP contribution in [0.3, 0.4) is 0 Å². The lowest BCUT2D eigenvalue weighted by Crippen LogP contribution is -2.48. The van der Waals surface area contributed by atoms with Crippen LogP contribution in [0.25, 0.3) is 0 Å². The molecule has 1 saturated heterocycles. The Labute approximate surface area is 179 Å². The van der Waals surface area contributed by atoms with Crippen molar-refractivity contribution in [2.45, 2.75) is 19.9 Å². The van der Waals surface area contributed by atoms with Gasteiger partial charge in [-0.2, -0.15) is 0 Å². The van der Waals surface area contributed by atoms with Crippen molar-refractivity contribution in [2.24, 2.45) is 0 Å². The van der Waals surface area contributed by atoms with Crippen LogP contribution < -0.4 is 4.90 Å². The molecule has 2 aromatic carbocycles. The van der Waals surface area contributed by atoms with Gasteiger partial charge in [0.2, 0.25) is 5.91 Å². The number of benzene rings is 2. The van der Waals surface area contributed by atoms with Crippen LogP contribution >= 0.6 is 0 Å². The number of methoxy groups -OCH3 is 1. The number of rotatable bonds is 8. The van der Waals surface area contributed by atoms with Crippen LogP contribution in [0.1, 0.15) is 18.1 Å². The molecule has 160 valence electrons. The molecule has 1 fully saturated rings. The van der Waals surface area contributed by atoms with Gasteiger partial charge in [-0.1, -0.05) is 49.4 Å². The predicted molar refractivity (Wildman–Crippen MR) is 118 cm³/mol.